The summed E-state index contributed by atoms with van der Waals surface area (Å²) in [5, 5.41) is 7.07. The molecule has 7 heteroatoms. The third kappa shape index (κ3) is 5.73. The van der Waals surface area contributed by atoms with Gasteiger partial charge in [-0.1, -0.05) is 71.9 Å². The Morgan fingerprint density at radius 2 is 1.65 bits per heavy atom. The summed E-state index contributed by atoms with van der Waals surface area (Å²) in [6.07, 6.45) is 2.07. The average molecular weight is 507 g/mol. The second kappa shape index (κ2) is 11.1. The molecule has 0 aliphatic rings. The minimum Gasteiger partial charge on any atom is -0.339 e. The Balaban J connectivity index is 1.37. The first-order valence-electron chi connectivity index (χ1n) is 11.9. The molecule has 0 saturated heterocycles. The number of amides is 2. The number of anilines is 2. The lowest BCUT2D eigenvalue weighted by atomic mass is 10.1. The number of para-hydroxylation sites is 1. The molecule has 184 valence electrons. The number of thioether (sulfide) groups is 1. The number of hydrogen-bond acceptors (Lipinski definition) is 5. The maximum atomic E-state index is 13.5. The molecule has 0 aliphatic carbocycles. The summed E-state index contributed by atoms with van der Waals surface area (Å²) >= 11 is 1.72. The molecular weight excluding hydrogens is 480 g/mol. The molecule has 0 bridgehead atoms. The van der Waals surface area contributed by atoms with Crippen molar-refractivity contribution in [3.8, 4) is 22.5 Å². The van der Waals surface area contributed by atoms with E-state index in [0.29, 0.717) is 18.3 Å². The van der Waals surface area contributed by atoms with E-state index in [1.807, 2.05) is 91.0 Å². The number of benzene rings is 4. The number of nitrogens with one attached hydrogen (secondary N) is 1. The minimum atomic E-state index is -0.218. The predicted octanol–water partition coefficient (Wildman–Crippen LogP) is 7.67. The van der Waals surface area contributed by atoms with E-state index >= 15 is 0 Å². The van der Waals surface area contributed by atoms with Crippen LogP contribution in [0.4, 0.5) is 16.2 Å². The van der Waals surface area contributed by atoms with Crippen LogP contribution < -0.4 is 10.2 Å². The van der Waals surface area contributed by atoms with Gasteiger partial charge in [-0.2, -0.15) is 4.98 Å². The molecule has 1 N–H and O–H groups in total. The van der Waals surface area contributed by atoms with Gasteiger partial charge in [-0.3, -0.25) is 4.90 Å². The number of aryl methyl sites for hydroxylation is 1. The normalized spacial score (nSPS) is 10.8. The van der Waals surface area contributed by atoms with Crippen LogP contribution in [-0.2, 0) is 6.54 Å². The highest BCUT2D eigenvalue weighted by Crippen LogP contribution is 2.31. The first kappa shape index (κ1) is 24.3. The highest BCUT2D eigenvalue weighted by molar-refractivity contribution is 7.98. The van der Waals surface area contributed by atoms with Crippen molar-refractivity contribution in [2.45, 2.75) is 18.4 Å². The highest BCUT2D eigenvalue weighted by atomic mass is 32.2. The van der Waals surface area contributed by atoms with Crippen molar-refractivity contribution in [1.82, 2.24) is 10.1 Å². The fourth-order valence-electron chi connectivity index (χ4n) is 4.10. The van der Waals surface area contributed by atoms with Crippen LogP contribution in [0.2, 0.25) is 0 Å². The lowest BCUT2D eigenvalue weighted by molar-refractivity contribution is 0.256. The molecule has 0 atom stereocenters. The summed E-state index contributed by atoms with van der Waals surface area (Å²) < 4.78 is 5.13. The third-order valence-corrected chi connectivity index (χ3v) is 6.72. The molecule has 5 rings (SSSR count). The van der Waals surface area contributed by atoms with Crippen LogP contribution in [0.1, 0.15) is 11.5 Å². The van der Waals surface area contributed by atoms with Gasteiger partial charge in [0.2, 0.25) is 11.7 Å². The van der Waals surface area contributed by atoms with Gasteiger partial charge >= 0.3 is 6.03 Å². The van der Waals surface area contributed by atoms with Crippen molar-refractivity contribution in [2.24, 2.45) is 0 Å². The van der Waals surface area contributed by atoms with Crippen molar-refractivity contribution < 1.29 is 9.32 Å². The molecule has 0 aliphatic heterocycles. The number of aromatic nitrogens is 2. The maximum absolute atomic E-state index is 13.5. The zero-order chi connectivity index (χ0) is 25.6. The maximum Gasteiger partial charge on any atom is 0.326 e. The standard InChI is InChI=1S/C30H26N4O2S/c1-21-31-29(33-36-21)24-10-8-9-22(19-24)20-34(26-11-4-3-5-12-26)30(35)32-25-17-15-23(16-18-25)27-13-6-7-14-28(27)37-2/h3-19H,20H2,1-2H3,(H,32,35). The predicted molar refractivity (Wildman–Crippen MR) is 150 cm³/mol. The molecule has 0 unspecified atom stereocenters. The molecule has 0 saturated carbocycles. The Kier molecular flexibility index (Phi) is 7.33. The number of hydrogen-bond donors (Lipinski definition) is 1. The van der Waals surface area contributed by atoms with Crippen molar-refractivity contribution in [1.29, 1.82) is 0 Å². The first-order valence-corrected chi connectivity index (χ1v) is 13.1. The highest BCUT2D eigenvalue weighted by Gasteiger charge is 2.17. The topological polar surface area (TPSA) is 71.3 Å². The molecule has 37 heavy (non-hydrogen) atoms. The fraction of sp³-hybridized carbons (Fsp3) is 0.100. The van der Waals surface area contributed by atoms with Crippen LogP contribution in [0.5, 0.6) is 0 Å². The number of rotatable bonds is 7. The van der Waals surface area contributed by atoms with E-state index in [0.717, 1.165) is 28.1 Å². The molecule has 0 fully saturated rings. The van der Waals surface area contributed by atoms with Crippen LogP contribution in [0.3, 0.4) is 0 Å². The molecule has 1 aromatic heterocycles. The van der Waals surface area contributed by atoms with Gasteiger partial charge < -0.3 is 9.84 Å². The average Bonchev–Trinajstić information content (AvgIpc) is 3.39. The van der Waals surface area contributed by atoms with E-state index in [-0.39, 0.29) is 6.03 Å². The molecular formula is C30H26N4O2S. The summed E-state index contributed by atoms with van der Waals surface area (Å²) in [7, 11) is 0. The van der Waals surface area contributed by atoms with Crippen LogP contribution in [-0.4, -0.2) is 22.4 Å². The van der Waals surface area contributed by atoms with Gasteiger partial charge in [-0.15, -0.1) is 11.8 Å². The fourth-order valence-corrected chi connectivity index (χ4v) is 4.72. The Morgan fingerprint density at radius 1 is 0.892 bits per heavy atom. The summed E-state index contributed by atoms with van der Waals surface area (Å²) in [6.45, 7) is 2.13. The Hall–Kier alpha value is -4.36. The number of urea groups is 1. The Labute approximate surface area is 220 Å². The zero-order valence-electron chi connectivity index (χ0n) is 20.6. The lowest BCUT2D eigenvalue weighted by Gasteiger charge is -2.24. The van der Waals surface area contributed by atoms with Gasteiger partial charge in [0.15, 0.2) is 0 Å². The van der Waals surface area contributed by atoms with E-state index in [4.69, 9.17) is 4.52 Å². The van der Waals surface area contributed by atoms with Gasteiger partial charge in [0.05, 0.1) is 6.54 Å². The smallest absolute Gasteiger partial charge is 0.326 e. The second-order valence-electron chi connectivity index (χ2n) is 8.47. The van der Waals surface area contributed by atoms with E-state index in [9.17, 15) is 4.79 Å². The number of carbonyl (C=O) groups is 1. The van der Waals surface area contributed by atoms with E-state index in [1.165, 1.54) is 10.5 Å². The molecule has 0 spiro atoms. The molecule has 5 aromatic rings. The molecule has 0 radical (unpaired) electrons. The number of carbonyl (C=O) groups excluding carboxylic acids is 1. The largest absolute Gasteiger partial charge is 0.339 e. The SMILES string of the molecule is CSc1ccccc1-c1ccc(NC(=O)N(Cc2cccc(-c3noc(C)n3)c2)c2ccccc2)cc1. The van der Waals surface area contributed by atoms with Gasteiger partial charge in [0, 0.05) is 28.8 Å². The van der Waals surface area contributed by atoms with Crippen LogP contribution in [0.25, 0.3) is 22.5 Å². The minimum absolute atomic E-state index is 0.218. The summed E-state index contributed by atoms with van der Waals surface area (Å²) in [6, 6.07) is 33.5. The van der Waals surface area contributed by atoms with Gasteiger partial charge in [0.1, 0.15) is 0 Å². The quantitative estimate of drug-likeness (QED) is 0.229. The molecule has 4 aromatic carbocycles. The summed E-state index contributed by atoms with van der Waals surface area (Å²) in [5.74, 6) is 1.03. The summed E-state index contributed by atoms with van der Waals surface area (Å²) in [5.41, 5.74) is 5.59. The zero-order valence-corrected chi connectivity index (χ0v) is 21.4. The first-order chi connectivity index (χ1) is 18.1. The lowest BCUT2D eigenvalue weighted by Crippen LogP contribution is -2.34. The van der Waals surface area contributed by atoms with Crippen molar-refractivity contribution in [3.05, 3.63) is 115 Å². The monoisotopic (exact) mass is 506 g/mol. The Bertz CT molecular complexity index is 1500. The van der Waals surface area contributed by atoms with Crippen molar-refractivity contribution in [3.63, 3.8) is 0 Å². The van der Waals surface area contributed by atoms with Crippen molar-refractivity contribution >= 4 is 29.2 Å². The van der Waals surface area contributed by atoms with Gasteiger partial charge in [-0.25, -0.2) is 4.79 Å². The molecule has 2 amide bonds. The van der Waals surface area contributed by atoms with Gasteiger partial charge in [0.25, 0.3) is 0 Å². The van der Waals surface area contributed by atoms with Gasteiger partial charge in [-0.05, 0) is 59.3 Å². The Morgan fingerprint density at radius 3 is 2.38 bits per heavy atom. The number of nitrogens with zero attached hydrogens (tertiary/aromatic N) is 3. The molecule has 1 heterocycles. The molecule has 6 nitrogen and oxygen atoms in total. The third-order valence-electron chi connectivity index (χ3n) is 5.92. The van der Waals surface area contributed by atoms with E-state index in [1.54, 1.807) is 23.6 Å². The summed E-state index contributed by atoms with van der Waals surface area (Å²) in [4.78, 5) is 20.8. The van der Waals surface area contributed by atoms with Crippen molar-refractivity contribution in [2.75, 3.05) is 16.5 Å². The van der Waals surface area contributed by atoms with Crippen LogP contribution >= 0.6 is 11.8 Å². The van der Waals surface area contributed by atoms with E-state index in [2.05, 4.69) is 33.8 Å². The van der Waals surface area contributed by atoms with Crippen LogP contribution in [0, 0.1) is 6.92 Å². The van der Waals surface area contributed by atoms with E-state index < -0.39 is 0 Å². The van der Waals surface area contributed by atoms with Crippen LogP contribution in [0.15, 0.2) is 113 Å². The second-order valence-corrected chi connectivity index (χ2v) is 9.31.